The molecule has 1 aromatic heterocycles. The molecule has 0 unspecified atom stereocenters. The van der Waals surface area contributed by atoms with E-state index in [1.807, 2.05) is 6.07 Å². The summed E-state index contributed by atoms with van der Waals surface area (Å²) in [4.78, 5) is 12.5. The molecule has 0 spiro atoms. The van der Waals surface area contributed by atoms with Crippen LogP contribution in [0.4, 0.5) is 10.1 Å². The van der Waals surface area contributed by atoms with Crippen molar-refractivity contribution in [1.29, 1.82) is 0 Å². The van der Waals surface area contributed by atoms with Gasteiger partial charge in [0.25, 0.3) is 5.91 Å². The van der Waals surface area contributed by atoms with Gasteiger partial charge >= 0.3 is 0 Å². The molecule has 0 aliphatic carbocycles. The number of nitrogens with zero attached hydrogens (tertiary/aromatic N) is 2. The zero-order valence-electron chi connectivity index (χ0n) is 14.9. The fraction of sp³-hybridized carbons (Fsp3) is 0.200. The molecule has 0 radical (unpaired) electrons. The number of rotatable bonds is 4. The predicted octanol–water partition coefficient (Wildman–Crippen LogP) is 3.58. The first-order valence-corrected chi connectivity index (χ1v) is 9.23. The van der Waals surface area contributed by atoms with Gasteiger partial charge in [-0.15, -0.1) is 0 Å². The molecule has 1 saturated heterocycles. The quantitative estimate of drug-likeness (QED) is 0.702. The van der Waals surface area contributed by atoms with Gasteiger partial charge in [0.05, 0.1) is 29.1 Å². The lowest BCUT2D eigenvalue weighted by Gasteiger charge is -2.24. The summed E-state index contributed by atoms with van der Waals surface area (Å²) in [5.74, 6) is -0.715. The standard InChI is InChI=1S/C20H18ClFN4O2/c21-16-11-13(19-12-23-8-10-28-19)1-6-17(16)24-20(27)18-7-9-26(25-18)15-4-2-14(22)3-5-15/h1-7,9,11,19,23H,8,10,12H2,(H,24,27)/t19-/m0/s1. The fourth-order valence-electron chi connectivity index (χ4n) is 2.98. The van der Waals surface area contributed by atoms with Crippen LogP contribution in [0.2, 0.25) is 5.02 Å². The summed E-state index contributed by atoms with van der Waals surface area (Å²) < 4.78 is 20.3. The highest BCUT2D eigenvalue weighted by molar-refractivity contribution is 6.34. The zero-order valence-corrected chi connectivity index (χ0v) is 15.6. The molecule has 1 atom stereocenters. The molecule has 4 rings (SSSR count). The Morgan fingerprint density at radius 2 is 2.07 bits per heavy atom. The maximum absolute atomic E-state index is 13.0. The Morgan fingerprint density at radius 3 is 2.79 bits per heavy atom. The van der Waals surface area contributed by atoms with Gasteiger partial charge in [0.15, 0.2) is 5.69 Å². The van der Waals surface area contributed by atoms with Gasteiger partial charge in [-0.1, -0.05) is 17.7 Å². The number of benzene rings is 2. The van der Waals surface area contributed by atoms with E-state index in [0.29, 0.717) is 23.0 Å². The van der Waals surface area contributed by atoms with Crippen molar-refractivity contribution in [2.75, 3.05) is 25.0 Å². The molecule has 8 heteroatoms. The molecule has 144 valence electrons. The molecule has 1 fully saturated rings. The van der Waals surface area contributed by atoms with E-state index in [-0.39, 0.29) is 23.5 Å². The molecule has 0 saturated carbocycles. The summed E-state index contributed by atoms with van der Waals surface area (Å²) in [5, 5.41) is 10.7. The monoisotopic (exact) mass is 400 g/mol. The van der Waals surface area contributed by atoms with Crippen LogP contribution >= 0.6 is 11.6 Å². The number of morpholine rings is 1. The SMILES string of the molecule is O=C(Nc1ccc([C@@H]2CNCCO2)cc1Cl)c1ccn(-c2ccc(F)cc2)n1. The normalized spacial score (nSPS) is 16.7. The van der Waals surface area contributed by atoms with Crippen molar-refractivity contribution < 1.29 is 13.9 Å². The van der Waals surface area contributed by atoms with Crippen molar-refractivity contribution in [3.63, 3.8) is 0 Å². The van der Waals surface area contributed by atoms with Crippen LogP contribution in [0, 0.1) is 5.82 Å². The molecule has 2 aromatic carbocycles. The molecule has 2 N–H and O–H groups in total. The van der Waals surface area contributed by atoms with Crippen molar-refractivity contribution in [3.05, 3.63) is 76.8 Å². The summed E-state index contributed by atoms with van der Waals surface area (Å²) >= 11 is 6.34. The van der Waals surface area contributed by atoms with Gasteiger partial charge < -0.3 is 15.4 Å². The number of carbonyl (C=O) groups excluding carboxylic acids is 1. The van der Waals surface area contributed by atoms with Gasteiger partial charge in [-0.3, -0.25) is 4.79 Å². The van der Waals surface area contributed by atoms with Crippen molar-refractivity contribution in [3.8, 4) is 5.69 Å². The number of nitrogens with one attached hydrogen (secondary N) is 2. The molecule has 6 nitrogen and oxygen atoms in total. The van der Waals surface area contributed by atoms with Crippen LogP contribution in [0.3, 0.4) is 0 Å². The number of anilines is 1. The van der Waals surface area contributed by atoms with Crippen LogP contribution in [0.15, 0.2) is 54.7 Å². The predicted molar refractivity (Wildman–Crippen MR) is 104 cm³/mol. The van der Waals surface area contributed by atoms with Crippen molar-refractivity contribution in [1.82, 2.24) is 15.1 Å². The largest absolute Gasteiger partial charge is 0.371 e. The Kier molecular flexibility index (Phi) is 5.38. The average molecular weight is 401 g/mol. The van der Waals surface area contributed by atoms with Crippen LogP contribution in [-0.4, -0.2) is 35.4 Å². The Bertz CT molecular complexity index is 984. The molecular weight excluding hydrogens is 383 g/mol. The molecule has 0 bridgehead atoms. The molecule has 1 aliphatic rings. The van der Waals surface area contributed by atoms with Gasteiger partial charge in [-0.25, -0.2) is 9.07 Å². The van der Waals surface area contributed by atoms with Crippen molar-refractivity contribution >= 4 is 23.2 Å². The number of hydrogen-bond acceptors (Lipinski definition) is 4. The number of ether oxygens (including phenoxy) is 1. The zero-order chi connectivity index (χ0) is 19.5. The van der Waals surface area contributed by atoms with E-state index in [1.54, 1.807) is 36.5 Å². The third-order valence-corrected chi connectivity index (χ3v) is 4.77. The van der Waals surface area contributed by atoms with E-state index in [4.69, 9.17) is 16.3 Å². The molecule has 28 heavy (non-hydrogen) atoms. The summed E-state index contributed by atoms with van der Waals surface area (Å²) in [6, 6.07) is 12.9. The minimum absolute atomic E-state index is 0.0533. The van der Waals surface area contributed by atoms with Gasteiger partial charge in [-0.05, 0) is 48.0 Å². The summed E-state index contributed by atoms with van der Waals surface area (Å²) in [6.45, 7) is 2.21. The van der Waals surface area contributed by atoms with Gasteiger partial charge in [0.2, 0.25) is 0 Å². The Morgan fingerprint density at radius 1 is 1.25 bits per heavy atom. The van der Waals surface area contributed by atoms with Gasteiger partial charge in [-0.2, -0.15) is 5.10 Å². The number of carbonyl (C=O) groups is 1. The van der Waals surface area contributed by atoms with Crippen LogP contribution in [-0.2, 0) is 4.74 Å². The van der Waals surface area contributed by atoms with Crippen molar-refractivity contribution in [2.24, 2.45) is 0 Å². The smallest absolute Gasteiger partial charge is 0.276 e. The van der Waals surface area contributed by atoms with E-state index >= 15 is 0 Å². The highest BCUT2D eigenvalue weighted by Gasteiger charge is 2.18. The highest BCUT2D eigenvalue weighted by Crippen LogP contribution is 2.28. The molecular formula is C20H18ClFN4O2. The van der Waals surface area contributed by atoms with Gasteiger partial charge in [0, 0.05) is 19.3 Å². The van der Waals surface area contributed by atoms with E-state index in [0.717, 1.165) is 18.7 Å². The van der Waals surface area contributed by atoms with Gasteiger partial charge in [0.1, 0.15) is 5.82 Å². The second kappa shape index (κ2) is 8.10. The van der Waals surface area contributed by atoms with E-state index < -0.39 is 0 Å². The first-order chi connectivity index (χ1) is 13.6. The topological polar surface area (TPSA) is 68.2 Å². The summed E-state index contributed by atoms with van der Waals surface area (Å²) in [6.07, 6.45) is 1.59. The number of halogens is 2. The van der Waals surface area contributed by atoms with E-state index in [1.165, 1.54) is 16.8 Å². The third-order valence-electron chi connectivity index (χ3n) is 4.45. The minimum atomic E-state index is -0.383. The summed E-state index contributed by atoms with van der Waals surface area (Å²) in [7, 11) is 0. The highest BCUT2D eigenvalue weighted by atomic mass is 35.5. The number of amides is 1. The summed E-state index contributed by atoms with van der Waals surface area (Å²) in [5.41, 5.74) is 2.33. The third kappa shape index (κ3) is 4.06. The number of aromatic nitrogens is 2. The lowest BCUT2D eigenvalue weighted by Crippen LogP contribution is -2.33. The van der Waals surface area contributed by atoms with Crippen molar-refractivity contribution in [2.45, 2.75) is 6.10 Å². The second-order valence-electron chi connectivity index (χ2n) is 6.38. The van der Waals surface area contributed by atoms with Crippen LogP contribution < -0.4 is 10.6 Å². The maximum Gasteiger partial charge on any atom is 0.276 e. The number of hydrogen-bond donors (Lipinski definition) is 2. The van der Waals surface area contributed by atoms with Crippen LogP contribution in [0.5, 0.6) is 0 Å². The first-order valence-electron chi connectivity index (χ1n) is 8.85. The van der Waals surface area contributed by atoms with E-state index in [9.17, 15) is 9.18 Å². The lowest BCUT2D eigenvalue weighted by atomic mass is 10.1. The Labute approximate surface area is 166 Å². The molecule has 3 aromatic rings. The van der Waals surface area contributed by atoms with E-state index in [2.05, 4.69) is 15.7 Å². The average Bonchev–Trinajstić information content (AvgIpc) is 3.21. The first kappa shape index (κ1) is 18.6. The second-order valence-corrected chi connectivity index (χ2v) is 6.79. The fourth-order valence-corrected chi connectivity index (χ4v) is 3.22. The molecule has 1 amide bonds. The van der Waals surface area contributed by atoms with Crippen LogP contribution in [0.1, 0.15) is 22.2 Å². The Hall–Kier alpha value is -2.74. The van der Waals surface area contributed by atoms with Crippen LogP contribution in [0.25, 0.3) is 5.69 Å². The maximum atomic E-state index is 13.0. The molecule has 1 aliphatic heterocycles. The molecule has 2 heterocycles. The minimum Gasteiger partial charge on any atom is -0.371 e. The Balaban J connectivity index is 1.47. The lowest BCUT2D eigenvalue weighted by molar-refractivity contribution is 0.0277.